The van der Waals surface area contributed by atoms with Crippen molar-refractivity contribution in [2.24, 2.45) is 11.5 Å². The molecule has 3 atom stereocenters. The third-order valence-corrected chi connectivity index (χ3v) is 3.66. The Morgan fingerprint density at radius 1 is 1.30 bits per heavy atom. The summed E-state index contributed by atoms with van der Waals surface area (Å²) in [7, 11) is 0. The molecule has 0 spiro atoms. The lowest BCUT2D eigenvalue weighted by Gasteiger charge is -2.27. The van der Waals surface area contributed by atoms with Crippen LogP contribution in [0, 0.1) is 0 Å². The quantitative estimate of drug-likeness (QED) is 0.317. The van der Waals surface area contributed by atoms with Crippen molar-refractivity contribution in [3.05, 3.63) is 0 Å². The minimum Gasteiger partial charge on any atom is -0.480 e. The molecule has 1 heterocycles. The van der Waals surface area contributed by atoms with Crippen LogP contribution in [0.3, 0.4) is 0 Å². The molecule has 130 valence electrons. The van der Waals surface area contributed by atoms with Gasteiger partial charge in [-0.1, -0.05) is 0 Å². The molecule has 1 saturated heterocycles. The molecule has 0 aromatic heterocycles. The Bertz CT molecular complexity index is 483. The summed E-state index contributed by atoms with van der Waals surface area (Å²) in [5.41, 5.74) is 10.5. The Balaban J connectivity index is 2.65. The van der Waals surface area contributed by atoms with E-state index in [0.717, 1.165) is 4.90 Å². The van der Waals surface area contributed by atoms with Gasteiger partial charge in [-0.2, -0.15) is 0 Å². The van der Waals surface area contributed by atoms with Crippen molar-refractivity contribution >= 4 is 23.7 Å². The predicted octanol–water partition coefficient (Wildman–Crippen LogP) is -2.87. The fraction of sp³-hybridized carbons (Fsp3) is 0.692. The van der Waals surface area contributed by atoms with Crippen LogP contribution in [0.2, 0.25) is 0 Å². The summed E-state index contributed by atoms with van der Waals surface area (Å²) >= 11 is 0. The number of aliphatic hydroxyl groups is 1. The number of carbonyl (C=O) groups is 4. The lowest BCUT2D eigenvalue weighted by molar-refractivity contribution is -0.149. The molecule has 0 unspecified atom stereocenters. The Morgan fingerprint density at radius 3 is 2.48 bits per heavy atom. The van der Waals surface area contributed by atoms with Crippen LogP contribution < -0.4 is 16.8 Å². The zero-order valence-corrected chi connectivity index (χ0v) is 12.6. The summed E-state index contributed by atoms with van der Waals surface area (Å²) < 4.78 is 0. The molecule has 23 heavy (non-hydrogen) atoms. The van der Waals surface area contributed by atoms with Gasteiger partial charge in [0.2, 0.25) is 17.7 Å². The van der Waals surface area contributed by atoms with Crippen molar-refractivity contribution in [3.8, 4) is 0 Å². The minimum absolute atomic E-state index is 0.00890. The first-order valence-corrected chi connectivity index (χ1v) is 7.26. The predicted molar refractivity (Wildman–Crippen MR) is 77.8 cm³/mol. The number of amides is 3. The van der Waals surface area contributed by atoms with Gasteiger partial charge < -0.3 is 31.9 Å². The van der Waals surface area contributed by atoms with E-state index in [9.17, 15) is 24.3 Å². The molecule has 0 radical (unpaired) electrons. The summed E-state index contributed by atoms with van der Waals surface area (Å²) in [4.78, 5) is 47.0. The third-order valence-electron chi connectivity index (χ3n) is 3.66. The Kier molecular flexibility index (Phi) is 6.91. The largest absolute Gasteiger partial charge is 0.480 e. The number of aliphatic hydroxyl groups excluding tert-OH is 1. The van der Waals surface area contributed by atoms with E-state index in [-0.39, 0.29) is 19.4 Å². The average Bonchev–Trinajstić information content (AvgIpc) is 2.98. The van der Waals surface area contributed by atoms with Gasteiger partial charge in [-0.05, 0) is 19.3 Å². The number of likely N-dealkylation sites (tertiary alicyclic amines) is 1. The Labute approximate surface area is 132 Å². The molecule has 1 rings (SSSR count). The number of nitrogens with one attached hydrogen (secondary N) is 1. The molecule has 1 fully saturated rings. The van der Waals surface area contributed by atoms with Crippen LogP contribution in [0.5, 0.6) is 0 Å². The topological polar surface area (TPSA) is 176 Å². The fourth-order valence-corrected chi connectivity index (χ4v) is 2.38. The molecular weight excluding hydrogens is 308 g/mol. The van der Waals surface area contributed by atoms with Crippen LogP contribution in [-0.4, -0.2) is 70.1 Å². The Hall–Kier alpha value is -2.20. The van der Waals surface area contributed by atoms with E-state index >= 15 is 0 Å². The van der Waals surface area contributed by atoms with Crippen LogP contribution in [0.1, 0.15) is 25.7 Å². The van der Waals surface area contributed by atoms with Gasteiger partial charge in [-0.3, -0.25) is 14.4 Å². The number of primary amides is 1. The van der Waals surface area contributed by atoms with E-state index in [1.54, 1.807) is 0 Å². The van der Waals surface area contributed by atoms with Gasteiger partial charge in [-0.15, -0.1) is 0 Å². The van der Waals surface area contributed by atoms with E-state index < -0.39 is 48.4 Å². The number of carbonyl (C=O) groups excluding carboxylic acids is 3. The maximum atomic E-state index is 12.3. The fourth-order valence-electron chi connectivity index (χ4n) is 2.38. The van der Waals surface area contributed by atoms with E-state index in [0.29, 0.717) is 12.8 Å². The van der Waals surface area contributed by atoms with Crippen molar-refractivity contribution in [1.29, 1.82) is 0 Å². The van der Waals surface area contributed by atoms with Crippen LogP contribution in [0.25, 0.3) is 0 Å². The SMILES string of the molecule is NC(=O)CC[C@H](N)C(=O)N[C@@H](CO)C(=O)N1CCC[C@H]1C(=O)O. The molecule has 3 amide bonds. The highest BCUT2D eigenvalue weighted by atomic mass is 16.4. The highest BCUT2D eigenvalue weighted by Crippen LogP contribution is 2.18. The number of carboxylic acids is 1. The number of nitrogens with zero attached hydrogens (tertiary/aromatic N) is 1. The Morgan fingerprint density at radius 2 is 1.96 bits per heavy atom. The van der Waals surface area contributed by atoms with Crippen molar-refractivity contribution in [2.75, 3.05) is 13.2 Å². The van der Waals surface area contributed by atoms with Gasteiger partial charge in [0.05, 0.1) is 12.6 Å². The summed E-state index contributed by atoms with van der Waals surface area (Å²) in [5.74, 6) is -3.13. The van der Waals surface area contributed by atoms with Gasteiger partial charge in [0.1, 0.15) is 12.1 Å². The molecule has 7 N–H and O–H groups in total. The normalized spacial score (nSPS) is 19.9. The van der Waals surface area contributed by atoms with Crippen molar-refractivity contribution in [2.45, 2.75) is 43.8 Å². The second kappa shape index (κ2) is 8.44. The molecule has 0 aromatic rings. The van der Waals surface area contributed by atoms with Crippen molar-refractivity contribution in [3.63, 3.8) is 0 Å². The van der Waals surface area contributed by atoms with E-state index in [1.807, 2.05) is 0 Å². The molecule has 0 aromatic carbocycles. The summed E-state index contributed by atoms with van der Waals surface area (Å²) in [6.45, 7) is -0.439. The minimum atomic E-state index is -1.28. The number of hydrogen-bond acceptors (Lipinski definition) is 6. The van der Waals surface area contributed by atoms with Gasteiger partial charge in [0.15, 0.2) is 0 Å². The third kappa shape index (κ3) is 5.18. The molecular formula is C13H22N4O6. The zero-order valence-electron chi connectivity index (χ0n) is 12.6. The standard InChI is InChI=1S/C13H22N4O6/c14-7(3-4-10(15)19)11(20)16-8(6-18)12(21)17-5-1-2-9(17)13(22)23/h7-9,18H,1-6,14H2,(H2,15,19)(H,16,20)(H,22,23)/t7-,8-,9-/m0/s1. The molecule has 1 aliphatic heterocycles. The van der Waals surface area contributed by atoms with Gasteiger partial charge >= 0.3 is 5.97 Å². The van der Waals surface area contributed by atoms with E-state index in [2.05, 4.69) is 5.32 Å². The van der Waals surface area contributed by atoms with Crippen molar-refractivity contribution in [1.82, 2.24) is 10.2 Å². The highest BCUT2D eigenvalue weighted by Gasteiger charge is 2.37. The highest BCUT2D eigenvalue weighted by molar-refractivity contribution is 5.92. The van der Waals surface area contributed by atoms with Gasteiger partial charge in [-0.25, -0.2) is 4.79 Å². The van der Waals surface area contributed by atoms with E-state index in [4.69, 9.17) is 16.6 Å². The second-order valence-electron chi connectivity index (χ2n) is 5.38. The number of carboxylic acid groups (broad SMARTS) is 1. The number of rotatable bonds is 8. The lowest BCUT2D eigenvalue weighted by atomic mass is 10.1. The summed E-state index contributed by atoms with van der Waals surface area (Å²) in [6, 6.07) is -3.29. The molecule has 0 bridgehead atoms. The zero-order chi connectivity index (χ0) is 17.6. The van der Waals surface area contributed by atoms with Crippen LogP contribution in [-0.2, 0) is 19.2 Å². The number of nitrogens with two attached hydrogens (primary N) is 2. The molecule has 1 aliphatic rings. The van der Waals surface area contributed by atoms with Crippen LogP contribution in [0.4, 0.5) is 0 Å². The second-order valence-corrected chi connectivity index (χ2v) is 5.38. The molecule has 10 heteroatoms. The van der Waals surface area contributed by atoms with Crippen LogP contribution >= 0.6 is 0 Å². The monoisotopic (exact) mass is 330 g/mol. The van der Waals surface area contributed by atoms with Gasteiger partial charge in [0, 0.05) is 13.0 Å². The van der Waals surface area contributed by atoms with Crippen molar-refractivity contribution < 1.29 is 29.4 Å². The van der Waals surface area contributed by atoms with Gasteiger partial charge in [0.25, 0.3) is 0 Å². The summed E-state index contributed by atoms with van der Waals surface area (Å²) in [5, 5.41) is 20.7. The first kappa shape index (κ1) is 18.8. The van der Waals surface area contributed by atoms with E-state index in [1.165, 1.54) is 0 Å². The summed E-state index contributed by atoms with van der Waals surface area (Å²) in [6.07, 6.45) is 0.784. The maximum absolute atomic E-state index is 12.3. The molecule has 0 aliphatic carbocycles. The molecule has 10 nitrogen and oxygen atoms in total. The number of hydrogen-bond donors (Lipinski definition) is 5. The molecule has 0 saturated carbocycles. The maximum Gasteiger partial charge on any atom is 0.326 e. The first-order valence-electron chi connectivity index (χ1n) is 7.26. The van der Waals surface area contributed by atoms with Crippen LogP contribution in [0.15, 0.2) is 0 Å². The number of aliphatic carboxylic acids is 1. The lowest BCUT2D eigenvalue weighted by Crippen LogP contribution is -2.55. The smallest absolute Gasteiger partial charge is 0.326 e. The first-order chi connectivity index (χ1) is 10.8. The average molecular weight is 330 g/mol.